The van der Waals surface area contributed by atoms with Gasteiger partial charge in [0.1, 0.15) is 5.75 Å². The summed E-state index contributed by atoms with van der Waals surface area (Å²) in [5.41, 5.74) is 1.97. The fourth-order valence-electron chi connectivity index (χ4n) is 2.70. The lowest BCUT2D eigenvalue weighted by molar-refractivity contribution is 0.0971. The zero-order chi connectivity index (χ0) is 12.4. The average molecular weight is 246 g/mol. The first-order chi connectivity index (χ1) is 8.84. The molecule has 0 amide bonds. The number of carbonyl (C=O) groups is 1. The zero-order valence-electron chi connectivity index (χ0n) is 10.5. The van der Waals surface area contributed by atoms with E-state index in [1.807, 2.05) is 18.2 Å². The molecule has 3 nitrogen and oxygen atoms in total. The maximum atomic E-state index is 11.8. The van der Waals surface area contributed by atoms with E-state index in [9.17, 15) is 4.79 Å². The Hall–Kier alpha value is -1.35. The quantitative estimate of drug-likeness (QED) is 0.822. The van der Waals surface area contributed by atoms with Crippen LogP contribution in [-0.2, 0) is 11.2 Å². The molecule has 1 heterocycles. The molecule has 1 atom stereocenters. The van der Waals surface area contributed by atoms with Crippen LogP contribution in [0.15, 0.2) is 18.2 Å². The third-order valence-electron chi connectivity index (χ3n) is 3.76. The molecule has 0 aromatic heterocycles. The summed E-state index contributed by atoms with van der Waals surface area (Å²) < 4.78 is 11.2. The van der Waals surface area contributed by atoms with Gasteiger partial charge in [0, 0.05) is 30.1 Å². The third-order valence-corrected chi connectivity index (χ3v) is 3.76. The number of ether oxygens (including phenoxy) is 2. The van der Waals surface area contributed by atoms with Crippen molar-refractivity contribution < 1.29 is 14.3 Å². The summed E-state index contributed by atoms with van der Waals surface area (Å²) in [5, 5.41) is 0. The Morgan fingerprint density at radius 3 is 3.11 bits per heavy atom. The fraction of sp³-hybridized carbons (Fsp3) is 0.533. The van der Waals surface area contributed by atoms with Crippen LogP contribution in [-0.4, -0.2) is 25.6 Å². The molecule has 1 saturated heterocycles. The van der Waals surface area contributed by atoms with Gasteiger partial charge in [-0.15, -0.1) is 0 Å². The van der Waals surface area contributed by atoms with Crippen LogP contribution in [0.5, 0.6) is 5.75 Å². The van der Waals surface area contributed by atoms with E-state index in [1.165, 1.54) is 0 Å². The van der Waals surface area contributed by atoms with Crippen molar-refractivity contribution in [2.45, 2.75) is 25.7 Å². The van der Waals surface area contributed by atoms with Gasteiger partial charge >= 0.3 is 0 Å². The molecule has 1 aliphatic heterocycles. The van der Waals surface area contributed by atoms with E-state index >= 15 is 0 Å². The van der Waals surface area contributed by atoms with Crippen LogP contribution in [0, 0.1) is 5.92 Å². The highest BCUT2D eigenvalue weighted by atomic mass is 16.5. The normalized spacial score (nSPS) is 22.9. The second-order valence-electron chi connectivity index (χ2n) is 5.10. The van der Waals surface area contributed by atoms with Crippen molar-refractivity contribution in [2.24, 2.45) is 5.92 Å². The van der Waals surface area contributed by atoms with Gasteiger partial charge in [0.25, 0.3) is 0 Å². The van der Waals surface area contributed by atoms with Crippen molar-refractivity contribution in [1.29, 1.82) is 0 Å². The second-order valence-corrected chi connectivity index (χ2v) is 5.10. The Balaban J connectivity index is 1.75. The van der Waals surface area contributed by atoms with E-state index in [1.54, 1.807) is 0 Å². The second kappa shape index (κ2) is 5.11. The van der Waals surface area contributed by atoms with Gasteiger partial charge in [-0.3, -0.25) is 4.79 Å². The van der Waals surface area contributed by atoms with Crippen LogP contribution >= 0.6 is 0 Å². The summed E-state index contributed by atoms with van der Waals surface area (Å²) in [6, 6.07) is 5.82. The van der Waals surface area contributed by atoms with Gasteiger partial charge in [-0.2, -0.15) is 0 Å². The topological polar surface area (TPSA) is 35.5 Å². The number of fused-ring (bicyclic) bond motifs is 1. The van der Waals surface area contributed by atoms with Crippen molar-refractivity contribution in [1.82, 2.24) is 0 Å². The monoisotopic (exact) mass is 246 g/mol. The van der Waals surface area contributed by atoms with E-state index in [-0.39, 0.29) is 5.78 Å². The largest absolute Gasteiger partial charge is 0.493 e. The number of hydrogen-bond donors (Lipinski definition) is 0. The number of rotatable bonds is 3. The van der Waals surface area contributed by atoms with Gasteiger partial charge in [0.2, 0.25) is 0 Å². The summed E-state index contributed by atoms with van der Waals surface area (Å²) in [5.74, 6) is 1.65. The summed E-state index contributed by atoms with van der Waals surface area (Å²) in [4.78, 5) is 11.8. The van der Waals surface area contributed by atoms with Gasteiger partial charge in [-0.25, -0.2) is 0 Å². The minimum Gasteiger partial charge on any atom is -0.493 e. The number of benzene rings is 1. The van der Waals surface area contributed by atoms with Gasteiger partial charge in [-0.1, -0.05) is 12.1 Å². The summed E-state index contributed by atoms with van der Waals surface area (Å²) >= 11 is 0. The molecule has 1 unspecified atom stereocenters. The lowest BCUT2D eigenvalue weighted by Crippen LogP contribution is -2.16. The molecule has 0 bridgehead atoms. The third kappa shape index (κ3) is 2.27. The first kappa shape index (κ1) is 11.7. The molecule has 0 spiro atoms. The fourth-order valence-corrected chi connectivity index (χ4v) is 2.70. The first-order valence-corrected chi connectivity index (χ1v) is 6.70. The minimum atomic E-state index is 0.255. The van der Waals surface area contributed by atoms with Crippen LogP contribution < -0.4 is 4.74 Å². The molecule has 1 aromatic carbocycles. The van der Waals surface area contributed by atoms with E-state index in [0.717, 1.165) is 49.4 Å². The summed E-state index contributed by atoms with van der Waals surface area (Å²) in [6.45, 7) is 2.35. The number of Topliss-reactive ketones (excluding diaryl/α,β-unsaturated/α-hetero) is 1. The van der Waals surface area contributed by atoms with E-state index in [0.29, 0.717) is 18.9 Å². The molecular weight excluding hydrogens is 228 g/mol. The Kier molecular flexibility index (Phi) is 3.33. The van der Waals surface area contributed by atoms with Crippen LogP contribution in [0.3, 0.4) is 0 Å². The standard InChI is InChI=1S/C15H18O3/c16-14-5-1-4-13-12(14)3-2-6-15(13)18-10-11-7-8-17-9-11/h2-3,6,11H,1,4-5,7-10H2. The first-order valence-electron chi connectivity index (χ1n) is 6.70. The van der Waals surface area contributed by atoms with E-state index < -0.39 is 0 Å². The van der Waals surface area contributed by atoms with Gasteiger partial charge in [0.15, 0.2) is 5.78 Å². The van der Waals surface area contributed by atoms with Crippen LogP contribution in [0.2, 0.25) is 0 Å². The zero-order valence-corrected chi connectivity index (χ0v) is 10.5. The molecule has 1 aliphatic carbocycles. The number of carbonyl (C=O) groups excluding carboxylic acids is 1. The van der Waals surface area contributed by atoms with E-state index in [2.05, 4.69) is 0 Å². The predicted octanol–water partition coefficient (Wildman–Crippen LogP) is 2.62. The highest BCUT2D eigenvalue weighted by molar-refractivity contribution is 5.99. The SMILES string of the molecule is O=C1CCCc2c(OCC3CCOC3)cccc21. The van der Waals surface area contributed by atoms with Gasteiger partial charge in [0.05, 0.1) is 13.2 Å². The Bertz CT molecular complexity index is 447. The maximum absolute atomic E-state index is 11.8. The van der Waals surface area contributed by atoms with E-state index in [4.69, 9.17) is 9.47 Å². The van der Waals surface area contributed by atoms with Crippen LogP contribution in [0.1, 0.15) is 35.2 Å². The molecule has 3 rings (SSSR count). The Morgan fingerprint density at radius 2 is 2.28 bits per heavy atom. The predicted molar refractivity (Wildman–Crippen MR) is 68.1 cm³/mol. The lowest BCUT2D eigenvalue weighted by atomic mass is 9.90. The number of ketones is 1. The highest BCUT2D eigenvalue weighted by Gasteiger charge is 2.21. The molecule has 0 N–H and O–H groups in total. The van der Waals surface area contributed by atoms with Crippen molar-refractivity contribution in [3.8, 4) is 5.75 Å². The molecule has 3 heteroatoms. The minimum absolute atomic E-state index is 0.255. The van der Waals surface area contributed by atoms with Crippen molar-refractivity contribution in [2.75, 3.05) is 19.8 Å². The molecule has 0 saturated carbocycles. The molecule has 1 aromatic rings. The van der Waals surface area contributed by atoms with Crippen molar-refractivity contribution in [3.63, 3.8) is 0 Å². The van der Waals surface area contributed by atoms with Crippen molar-refractivity contribution >= 4 is 5.78 Å². The van der Waals surface area contributed by atoms with Gasteiger partial charge < -0.3 is 9.47 Å². The lowest BCUT2D eigenvalue weighted by Gasteiger charge is -2.19. The maximum Gasteiger partial charge on any atom is 0.163 e. The molecule has 18 heavy (non-hydrogen) atoms. The molecular formula is C15H18O3. The Labute approximate surface area is 107 Å². The highest BCUT2D eigenvalue weighted by Crippen LogP contribution is 2.30. The average Bonchev–Trinajstić information content (AvgIpc) is 2.90. The van der Waals surface area contributed by atoms with Crippen LogP contribution in [0.4, 0.5) is 0 Å². The molecule has 1 fully saturated rings. The van der Waals surface area contributed by atoms with Crippen molar-refractivity contribution in [3.05, 3.63) is 29.3 Å². The smallest absolute Gasteiger partial charge is 0.163 e. The molecule has 96 valence electrons. The molecule has 2 aliphatic rings. The summed E-state index contributed by atoms with van der Waals surface area (Å²) in [7, 11) is 0. The summed E-state index contributed by atoms with van der Waals surface area (Å²) in [6.07, 6.45) is 3.65. The van der Waals surface area contributed by atoms with Gasteiger partial charge in [-0.05, 0) is 25.3 Å². The Morgan fingerprint density at radius 1 is 1.33 bits per heavy atom. The number of hydrogen-bond acceptors (Lipinski definition) is 3. The van der Waals surface area contributed by atoms with Crippen LogP contribution in [0.25, 0.3) is 0 Å². The molecule has 0 radical (unpaired) electrons.